The second-order valence-corrected chi connectivity index (χ2v) is 4.74. The third-order valence-corrected chi connectivity index (χ3v) is 3.41. The molecule has 0 spiro atoms. The Bertz CT molecular complexity index is 517. The number of ether oxygens (including phenoxy) is 1. The van der Waals surface area contributed by atoms with Crippen molar-refractivity contribution in [1.29, 1.82) is 0 Å². The van der Waals surface area contributed by atoms with Crippen LogP contribution in [0.15, 0.2) is 30.3 Å². The summed E-state index contributed by atoms with van der Waals surface area (Å²) in [6.45, 7) is 8.06. The summed E-state index contributed by atoms with van der Waals surface area (Å²) in [6, 6.07) is 9.94. The lowest BCUT2D eigenvalue weighted by molar-refractivity contribution is 0.298. The Morgan fingerprint density at radius 3 is 2.53 bits per heavy atom. The van der Waals surface area contributed by atoms with E-state index in [1.54, 1.807) is 0 Å². The average molecular weight is 258 g/mol. The molecule has 0 aliphatic rings. The van der Waals surface area contributed by atoms with Gasteiger partial charge in [-0.1, -0.05) is 25.1 Å². The Kier molecular flexibility index (Phi) is 4.61. The molecule has 1 aromatic heterocycles. The number of para-hydroxylation sites is 1. The third kappa shape index (κ3) is 3.37. The molecular weight excluding hydrogens is 236 g/mol. The molecule has 0 bridgehead atoms. The number of hydrogen-bond acceptors (Lipinski definition) is 2. The molecule has 0 fully saturated rings. The molecule has 0 radical (unpaired) electrons. The zero-order valence-electron chi connectivity index (χ0n) is 12.0. The molecule has 0 amide bonds. The van der Waals surface area contributed by atoms with E-state index in [4.69, 9.17) is 4.74 Å². The first-order valence-electron chi connectivity index (χ1n) is 6.93. The second-order valence-electron chi connectivity index (χ2n) is 4.74. The smallest absolute Gasteiger partial charge is 0.119 e. The van der Waals surface area contributed by atoms with Crippen molar-refractivity contribution in [3.05, 3.63) is 47.3 Å². The van der Waals surface area contributed by atoms with Crippen LogP contribution in [0.5, 0.6) is 5.75 Å². The summed E-state index contributed by atoms with van der Waals surface area (Å²) < 4.78 is 7.79. The van der Waals surface area contributed by atoms with Crippen LogP contribution in [0.4, 0.5) is 0 Å². The number of nitrogens with zero attached hydrogens (tertiary/aromatic N) is 2. The predicted molar refractivity (Wildman–Crippen MR) is 77.6 cm³/mol. The first kappa shape index (κ1) is 13.7. The van der Waals surface area contributed by atoms with Gasteiger partial charge in [0, 0.05) is 18.7 Å². The first-order valence-corrected chi connectivity index (χ1v) is 6.93. The quantitative estimate of drug-likeness (QED) is 0.741. The zero-order valence-corrected chi connectivity index (χ0v) is 12.0. The van der Waals surface area contributed by atoms with Crippen molar-refractivity contribution < 1.29 is 4.74 Å². The Hall–Kier alpha value is -1.77. The van der Waals surface area contributed by atoms with E-state index < -0.39 is 0 Å². The highest BCUT2D eigenvalue weighted by molar-refractivity contribution is 5.24. The molecule has 0 aliphatic heterocycles. The number of aromatic nitrogens is 2. The van der Waals surface area contributed by atoms with Crippen molar-refractivity contribution in [2.24, 2.45) is 0 Å². The van der Waals surface area contributed by atoms with Crippen LogP contribution < -0.4 is 4.74 Å². The summed E-state index contributed by atoms with van der Waals surface area (Å²) in [6.07, 6.45) is 2.03. The molecule has 2 aromatic rings. The minimum Gasteiger partial charge on any atom is -0.494 e. The molecule has 2 rings (SSSR count). The van der Waals surface area contributed by atoms with E-state index in [0.717, 1.165) is 37.4 Å². The molecule has 0 saturated carbocycles. The lowest BCUT2D eigenvalue weighted by Crippen LogP contribution is -2.07. The first-order chi connectivity index (χ1) is 9.22. The van der Waals surface area contributed by atoms with E-state index >= 15 is 0 Å². The van der Waals surface area contributed by atoms with Crippen LogP contribution in [0.2, 0.25) is 0 Å². The van der Waals surface area contributed by atoms with E-state index in [1.807, 2.05) is 30.3 Å². The average Bonchev–Trinajstić information content (AvgIpc) is 2.70. The molecule has 0 unspecified atom stereocenters. The summed E-state index contributed by atoms with van der Waals surface area (Å²) in [5.41, 5.74) is 3.83. The van der Waals surface area contributed by atoms with E-state index in [9.17, 15) is 0 Å². The van der Waals surface area contributed by atoms with Crippen LogP contribution in [0, 0.1) is 13.8 Å². The molecule has 3 heteroatoms. The molecule has 0 N–H and O–H groups in total. The van der Waals surface area contributed by atoms with Crippen LogP contribution in [0.1, 0.15) is 30.3 Å². The van der Waals surface area contributed by atoms with Gasteiger partial charge in [0.25, 0.3) is 0 Å². The van der Waals surface area contributed by atoms with Crippen molar-refractivity contribution in [3.8, 4) is 5.75 Å². The molecule has 102 valence electrons. The lowest BCUT2D eigenvalue weighted by Gasteiger charge is -2.07. The maximum atomic E-state index is 5.69. The van der Waals surface area contributed by atoms with Crippen molar-refractivity contribution in [2.45, 2.75) is 40.2 Å². The SMILES string of the molecule is CCc1c(C)nn(CCCOc2ccccc2)c1C. The van der Waals surface area contributed by atoms with Gasteiger partial charge in [-0.25, -0.2) is 0 Å². The highest BCUT2D eigenvalue weighted by Gasteiger charge is 2.08. The Morgan fingerprint density at radius 1 is 1.16 bits per heavy atom. The summed E-state index contributed by atoms with van der Waals surface area (Å²) in [5, 5.41) is 4.59. The number of benzene rings is 1. The van der Waals surface area contributed by atoms with E-state index in [0.29, 0.717) is 0 Å². The van der Waals surface area contributed by atoms with Gasteiger partial charge in [-0.3, -0.25) is 4.68 Å². The number of aryl methyl sites for hydroxylation is 2. The summed E-state index contributed by atoms with van der Waals surface area (Å²) in [5.74, 6) is 0.935. The standard InChI is InChI=1S/C16H22N2O/c1-4-16-13(2)17-18(14(16)3)11-8-12-19-15-9-6-5-7-10-15/h5-7,9-10H,4,8,11-12H2,1-3H3. The molecule has 0 aliphatic carbocycles. The largest absolute Gasteiger partial charge is 0.494 e. The minimum atomic E-state index is 0.726. The van der Waals surface area contributed by atoms with Crippen molar-refractivity contribution in [2.75, 3.05) is 6.61 Å². The Labute approximate surface area is 115 Å². The lowest BCUT2D eigenvalue weighted by atomic mass is 10.1. The van der Waals surface area contributed by atoms with Gasteiger partial charge in [0.1, 0.15) is 5.75 Å². The van der Waals surface area contributed by atoms with Gasteiger partial charge >= 0.3 is 0 Å². The Balaban J connectivity index is 1.83. The second kappa shape index (κ2) is 6.41. The zero-order chi connectivity index (χ0) is 13.7. The molecule has 19 heavy (non-hydrogen) atoms. The van der Waals surface area contributed by atoms with E-state index in [-0.39, 0.29) is 0 Å². The molecule has 1 heterocycles. The van der Waals surface area contributed by atoms with Crippen LogP contribution >= 0.6 is 0 Å². The minimum absolute atomic E-state index is 0.726. The van der Waals surface area contributed by atoms with Gasteiger partial charge in [-0.2, -0.15) is 5.10 Å². The fourth-order valence-corrected chi connectivity index (χ4v) is 2.38. The highest BCUT2D eigenvalue weighted by atomic mass is 16.5. The van der Waals surface area contributed by atoms with Gasteiger partial charge in [-0.15, -0.1) is 0 Å². The predicted octanol–water partition coefficient (Wildman–Crippen LogP) is 3.53. The maximum Gasteiger partial charge on any atom is 0.119 e. The molecule has 3 nitrogen and oxygen atoms in total. The van der Waals surface area contributed by atoms with Crippen molar-refractivity contribution >= 4 is 0 Å². The fourth-order valence-electron chi connectivity index (χ4n) is 2.38. The molecule has 0 saturated heterocycles. The monoisotopic (exact) mass is 258 g/mol. The normalized spacial score (nSPS) is 10.7. The molecule has 1 aromatic carbocycles. The van der Waals surface area contributed by atoms with Crippen LogP contribution in [-0.4, -0.2) is 16.4 Å². The summed E-state index contributed by atoms with van der Waals surface area (Å²) in [4.78, 5) is 0. The number of rotatable bonds is 6. The molecule has 0 atom stereocenters. The van der Waals surface area contributed by atoms with Crippen LogP contribution in [0.25, 0.3) is 0 Å². The third-order valence-electron chi connectivity index (χ3n) is 3.41. The molecular formula is C16H22N2O. The van der Waals surface area contributed by atoms with Gasteiger partial charge in [0.05, 0.1) is 12.3 Å². The van der Waals surface area contributed by atoms with E-state index in [1.165, 1.54) is 11.3 Å². The topological polar surface area (TPSA) is 27.1 Å². The van der Waals surface area contributed by atoms with Crippen LogP contribution in [-0.2, 0) is 13.0 Å². The summed E-state index contributed by atoms with van der Waals surface area (Å²) in [7, 11) is 0. The van der Waals surface area contributed by atoms with Gasteiger partial charge in [0.2, 0.25) is 0 Å². The highest BCUT2D eigenvalue weighted by Crippen LogP contribution is 2.14. The van der Waals surface area contributed by atoms with E-state index in [2.05, 4.69) is 30.6 Å². The fraction of sp³-hybridized carbons (Fsp3) is 0.438. The van der Waals surface area contributed by atoms with Crippen molar-refractivity contribution in [1.82, 2.24) is 9.78 Å². The number of hydrogen-bond donors (Lipinski definition) is 0. The Morgan fingerprint density at radius 2 is 1.89 bits per heavy atom. The maximum absolute atomic E-state index is 5.69. The van der Waals surface area contributed by atoms with Crippen molar-refractivity contribution in [3.63, 3.8) is 0 Å². The van der Waals surface area contributed by atoms with Gasteiger partial charge in [-0.05, 0) is 38.0 Å². The summed E-state index contributed by atoms with van der Waals surface area (Å²) >= 11 is 0. The van der Waals surface area contributed by atoms with Gasteiger partial charge < -0.3 is 4.74 Å². The van der Waals surface area contributed by atoms with Gasteiger partial charge in [0.15, 0.2) is 0 Å². The van der Waals surface area contributed by atoms with Crippen LogP contribution in [0.3, 0.4) is 0 Å².